The molecule has 1 aliphatic rings. The van der Waals surface area contributed by atoms with E-state index in [-0.39, 0.29) is 6.85 Å². The SMILES string of the molecule is NC(=O)c1ccc(B2C=CC=CN2)cc1. The van der Waals surface area contributed by atoms with Crippen LogP contribution in [0.1, 0.15) is 10.4 Å². The fraction of sp³-hybridized carbons (Fsp3) is 0. The number of nitrogens with two attached hydrogens (primary N) is 1. The van der Waals surface area contributed by atoms with E-state index in [9.17, 15) is 4.79 Å². The zero-order chi connectivity index (χ0) is 10.7. The van der Waals surface area contributed by atoms with Gasteiger partial charge in [-0.2, -0.15) is 0 Å². The van der Waals surface area contributed by atoms with E-state index >= 15 is 0 Å². The molecule has 0 bridgehead atoms. The number of nitrogens with one attached hydrogen (secondary N) is 1. The monoisotopic (exact) mass is 198 g/mol. The number of benzene rings is 1. The van der Waals surface area contributed by atoms with Gasteiger partial charge in [0, 0.05) is 5.56 Å². The highest BCUT2D eigenvalue weighted by Gasteiger charge is 2.13. The molecule has 1 aromatic carbocycles. The number of amides is 1. The fourth-order valence-electron chi connectivity index (χ4n) is 1.51. The number of carbonyl (C=O) groups excluding carboxylic acids is 1. The molecule has 0 unspecified atom stereocenters. The number of primary amides is 1. The third-order valence-corrected chi connectivity index (χ3v) is 2.34. The van der Waals surface area contributed by atoms with Crippen molar-refractivity contribution in [1.29, 1.82) is 0 Å². The largest absolute Gasteiger partial charge is 0.427 e. The minimum absolute atomic E-state index is 0.178. The molecule has 4 heteroatoms. The molecule has 0 spiro atoms. The van der Waals surface area contributed by atoms with Crippen LogP contribution in [0.4, 0.5) is 0 Å². The lowest BCUT2D eigenvalue weighted by molar-refractivity contribution is 0.100. The first-order valence-electron chi connectivity index (χ1n) is 4.76. The molecule has 2 rings (SSSR count). The number of rotatable bonds is 2. The minimum atomic E-state index is -0.395. The van der Waals surface area contributed by atoms with Gasteiger partial charge in [0.25, 0.3) is 0 Å². The molecule has 1 aromatic rings. The standard InChI is InChI=1S/C11H11BN2O/c13-11(15)9-3-5-10(6-4-9)12-7-1-2-8-14-12/h1-8,14H,(H2,13,15). The maximum atomic E-state index is 10.9. The Hall–Kier alpha value is -1.97. The van der Waals surface area contributed by atoms with Crippen molar-refractivity contribution in [3.8, 4) is 0 Å². The van der Waals surface area contributed by atoms with E-state index in [1.807, 2.05) is 30.5 Å². The molecule has 0 aromatic heterocycles. The normalized spacial score (nSPS) is 13.7. The van der Waals surface area contributed by atoms with Gasteiger partial charge in [0.15, 0.2) is 0 Å². The molecule has 0 radical (unpaired) electrons. The Labute approximate surface area is 88.8 Å². The average molecular weight is 198 g/mol. The van der Waals surface area contributed by atoms with Crippen LogP contribution in [-0.2, 0) is 0 Å². The van der Waals surface area contributed by atoms with Crippen LogP contribution in [-0.4, -0.2) is 12.8 Å². The predicted octanol–water partition coefficient (Wildman–Crippen LogP) is 0.196. The summed E-state index contributed by atoms with van der Waals surface area (Å²) >= 11 is 0. The number of carbonyl (C=O) groups is 1. The molecule has 1 amide bonds. The predicted molar refractivity (Wildman–Crippen MR) is 61.8 cm³/mol. The van der Waals surface area contributed by atoms with Gasteiger partial charge in [-0.15, -0.1) is 0 Å². The second kappa shape index (κ2) is 4.04. The van der Waals surface area contributed by atoms with Crippen molar-refractivity contribution >= 4 is 18.2 Å². The van der Waals surface area contributed by atoms with Crippen molar-refractivity contribution in [2.75, 3.05) is 0 Å². The smallest absolute Gasteiger partial charge is 0.312 e. The number of hydrogen-bond acceptors (Lipinski definition) is 2. The average Bonchev–Trinajstić information content (AvgIpc) is 2.30. The minimum Gasteiger partial charge on any atom is -0.427 e. The summed E-state index contributed by atoms with van der Waals surface area (Å²) in [7, 11) is 0. The Morgan fingerprint density at radius 2 is 1.93 bits per heavy atom. The molecule has 15 heavy (non-hydrogen) atoms. The van der Waals surface area contributed by atoms with E-state index in [0.717, 1.165) is 5.46 Å². The lowest BCUT2D eigenvalue weighted by Gasteiger charge is -2.12. The maximum absolute atomic E-state index is 10.9. The Morgan fingerprint density at radius 3 is 2.47 bits per heavy atom. The zero-order valence-electron chi connectivity index (χ0n) is 8.18. The van der Waals surface area contributed by atoms with Gasteiger partial charge in [-0.25, -0.2) is 0 Å². The molecule has 0 atom stereocenters. The summed E-state index contributed by atoms with van der Waals surface area (Å²) in [5, 5.41) is 3.20. The van der Waals surface area contributed by atoms with Crippen molar-refractivity contribution in [2.24, 2.45) is 5.73 Å². The zero-order valence-corrected chi connectivity index (χ0v) is 8.18. The topological polar surface area (TPSA) is 55.1 Å². The van der Waals surface area contributed by atoms with Crippen molar-refractivity contribution in [1.82, 2.24) is 5.23 Å². The van der Waals surface area contributed by atoms with Gasteiger partial charge in [0.05, 0.1) is 0 Å². The van der Waals surface area contributed by atoms with Crippen LogP contribution >= 0.6 is 0 Å². The maximum Gasteiger partial charge on any atom is 0.312 e. The molecular formula is C11H11BN2O. The highest BCUT2D eigenvalue weighted by Crippen LogP contribution is 1.98. The summed E-state index contributed by atoms with van der Waals surface area (Å²) < 4.78 is 0. The van der Waals surface area contributed by atoms with E-state index in [4.69, 9.17) is 5.73 Å². The molecule has 1 aliphatic heterocycles. The quantitative estimate of drug-likeness (QED) is 0.666. The van der Waals surface area contributed by atoms with Crippen LogP contribution < -0.4 is 16.4 Å². The third-order valence-electron chi connectivity index (χ3n) is 2.34. The summed E-state index contributed by atoms with van der Waals surface area (Å²) in [5.41, 5.74) is 6.81. The van der Waals surface area contributed by atoms with Gasteiger partial charge in [-0.3, -0.25) is 4.79 Å². The van der Waals surface area contributed by atoms with Crippen LogP contribution in [0, 0.1) is 0 Å². The Balaban J connectivity index is 2.20. The lowest BCUT2D eigenvalue weighted by atomic mass is 9.55. The summed E-state index contributed by atoms with van der Waals surface area (Å²) in [6, 6.07) is 7.29. The fourth-order valence-corrected chi connectivity index (χ4v) is 1.51. The van der Waals surface area contributed by atoms with Crippen LogP contribution in [0.3, 0.4) is 0 Å². The molecule has 0 aliphatic carbocycles. The Morgan fingerprint density at radius 1 is 1.20 bits per heavy atom. The molecule has 3 nitrogen and oxygen atoms in total. The van der Waals surface area contributed by atoms with Crippen molar-refractivity contribution in [3.63, 3.8) is 0 Å². The Kier molecular flexibility index (Phi) is 2.58. The van der Waals surface area contributed by atoms with Crippen LogP contribution in [0.15, 0.2) is 48.6 Å². The van der Waals surface area contributed by atoms with Crippen LogP contribution in [0.5, 0.6) is 0 Å². The second-order valence-electron chi connectivity index (χ2n) is 3.37. The van der Waals surface area contributed by atoms with Crippen molar-refractivity contribution < 1.29 is 4.79 Å². The van der Waals surface area contributed by atoms with E-state index in [0.29, 0.717) is 5.56 Å². The van der Waals surface area contributed by atoms with E-state index < -0.39 is 5.91 Å². The number of hydrogen-bond donors (Lipinski definition) is 2. The first kappa shape index (κ1) is 9.58. The molecule has 0 fully saturated rings. The van der Waals surface area contributed by atoms with Gasteiger partial charge in [-0.05, 0) is 24.4 Å². The van der Waals surface area contributed by atoms with Crippen molar-refractivity contribution in [3.05, 3.63) is 54.2 Å². The van der Waals surface area contributed by atoms with Gasteiger partial charge in [-0.1, -0.05) is 29.6 Å². The van der Waals surface area contributed by atoms with E-state index in [1.165, 1.54) is 0 Å². The second-order valence-corrected chi connectivity index (χ2v) is 3.37. The summed E-state index contributed by atoms with van der Waals surface area (Å²) in [4.78, 5) is 10.9. The van der Waals surface area contributed by atoms with Gasteiger partial charge < -0.3 is 11.0 Å². The first-order valence-corrected chi connectivity index (χ1v) is 4.76. The van der Waals surface area contributed by atoms with Gasteiger partial charge in [0.2, 0.25) is 5.91 Å². The highest BCUT2D eigenvalue weighted by molar-refractivity contribution is 6.76. The number of allylic oxidation sites excluding steroid dienone is 2. The molecule has 74 valence electrons. The van der Waals surface area contributed by atoms with Crippen LogP contribution in [0.25, 0.3) is 0 Å². The molecule has 0 saturated carbocycles. The molecule has 0 saturated heterocycles. The van der Waals surface area contributed by atoms with E-state index in [1.54, 1.807) is 12.1 Å². The first-order chi connectivity index (χ1) is 7.27. The van der Waals surface area contributed by atoms with E-state index in [2.05, 4.69) is 11.2 Å². The molecular weight excluding hydrogens is 187 g/mol. The van der Waals surface area contributed by atoms with Crippen molar-refractivity contribution in [2.45, 2.75) is 0 Å². The van der Waals surface area contributed by atoms with Gasteiger partial charge in [0.1, 0.15) is 0 Å². The summed E-state index contributed by atoms with van der Waals surface area (Å²) in [6.45, 7) is 0.178. The Bertz CT molecular complexity index is 423. The summed E-state index contributed by atoms with van der Waals surface area (Å²) in [5.74, 6) is 1.66. The third kappa shape index (κ3) is 2.10. The van der Waals surface area contributed by atoms with Gasteiger partial charge >= 0.3 is 6.85 Å². The lowest BCUT2D eigenvalue weighted by Crippen LogP contribution is -2.41. The molecule has 1 heterocycles. The summed E-state index contributed by atoms with van der Waals surface area (Å²) in [6.07, 6.45) is 5.82. The highest BCUT2D eigenvalue weighted by atomic mass is 16.1. The molecule has 3 N–H and O–H groups in total. The van der Waals surface area contributed by atoms with Crippen LogP contribution in [0.2, 0.25) is 0 Å².